The van der Waals surface area contributed by atoms with E-state index < -0.39 is 15.8 Å². The van der Waals surface area contributed by atoms with E-state index in [4.69, 9.17) is 0 Å². The molecule has 0 heterocycles. The Bertz CT molecular complexity index is 3000. The Kier molecular flexibility index (Phi) is 12.4. The summed E-state index contributed by atoms with van der Waals surface area (Å²) < 4.78 is 0. The first-order valence-corrected chi connectivity index (χ1v) is 26.3. The van der Waals surface area contributed by atoms with Gasteiger partial charge in [-0.25, -0.2) is 0 Å². The van der Waals surface area contributed by atoms with E-state index in [2.05, 4.69) is 248 Å². The summed E-state index contributed by atoms with van der Waals surface area (Å²) in [6.45, 7) is 13.8. The molecular weight excluding hydrogens is 831 g/mol. The summed E-state index contributed by atoms with van der Waals surface area (Å²) in [6, 6.07) is 78.4. The SMILES string of the molecule is Cc1cc(C)c(-c2cc3ccccc3c(-c3c(CP(c4ccccc4)c4ccccc4)c(-c4c(C)cc(C)cc4C)cc4ccccc34)c2CP(c2ccccc2)c2ccccc2)c(C)c1. The highest BCUT2D eigenvalue weighted by Crippen LogP contribution is 2.54. The molecule has 0 fully saturated rings. The fourth-order valence-corrected chi connectivity index (χ4v) is 15.5. The summed E-state index contributed by atoms with van der Waals surface area (Å²) in [5, 5.41) is 10.7. The van der Waals surface area contributed by atoms with E-state index in [1.54, 1.807) is 0 Å². The number of fused-ring (bicyclic) bond motifs is 2. The first-order valence-electron chi connectivity index (χ1n) is 23.2. The van der Waals surface area contributed by atoms with Gasteiger partial charge in [-0.3, -0.25) is 0 Å². The number of hydrogen-bond donors (Lipinski definition) is 0. The maximum Gasteiger partial charge on any atom is 0.00200 e. The highest BCUT2D eigenvalue weighted by molar-refractivity contribution is 7.72. The van der Waals surface area contributed by atoms with Gasteiger partial charge in [0.25, 0.3) is 0 Å². The molecule has 322 valence electrons. The van der Waals surface area contributed by atoms with Gasteiger partial charge in [-0.1, -0.05) is 205 Å². The molecule has 0 N–H and O–H groups in total. The predicted octanol–water partition coefficient (Wildman–Crippen LogP) is 16.1. The van der Waals surface area contributed by atoms with E-state index in [1.807, 2.05) is 0 Å². The molecule has 0 radical (unpaired) electrons. The molecule has 0 saturated heterocycles. The minimum atomic E-state index is -0.824. The molecule has 66 heavy (non-hydrogen) atoms. The lowest BCUT2D eigenvalue weighted by molar-refractivity contribution is 1.29. The smallest absolute Gasteiger partial charge is 0.00200 e. The molecule has 10 aromatic carbocycles. The summed E-state index contributed by atoms with van der Waals surface area (Å²) in [5.41, 5.74) is 18.8. The molecule has 0 aliphatic carbocycles. The van der Waals surface area contributed by atoms with Crippen LogP contribution in [0.25, 0.3) is 54.9 Å². The van der Waals surface area contributed by atoms with Crippen LogP contribution in [0.4, 0.5) is 0 Å². The quantitative estimate of drug-likeness (QED) is 0.114. The number of aryl methyl sites for hydroxylation is 6. The summed E-state index contributed by atoms with van der Waals surface area (Å²) in [6.07, 6.45) is 1.77. The second-order valence-electron chi connectivity index (χ2n) is 18.1. The molecule has 0 aliphatic heterocycles. The van der Waals surface area contributed by atoms with Gasteiger partial charge in [-0.05, 0) is 179 Å². The third-order valence-corrected chi connectivity index (χ3v) is 18.3. The van der Waals surface area contributed by atoms with E-state index in [9.17, 15) is 0 Å². The number of benzene rings is 10. The second kappa shape index (κ2) is 18.8. The summed E-state index contributed by atoms with van der Waals surface area (Å²) >= 11 is 0. The highest BCUT2D eigenvalue weighted by atomic mass is 31.1. The van der Waals surface area contributed by atoms with Crippen LogP contribution in [0, 0.1) is 41.5 Å². The van der Waals surface area contributed by atoms with Gasteiger partial charge < -0.3 is 0 Å². The molecule has 0 unspecified atom stereocenters. The van der Waals surface area contributed by atoms with Crippen molar-refractivity contribution in [3.63, 3.8) is 0 Å². The second-order valence-corrected chi connectivity index (χ2v) is 22.5. The van der Waals surface area contributed by atoms with Crippen molar-refractivity contribution in [3.05, 3.63) is 251 Å². The Labute approximate surface area is 394 Å². The molecular formula is C64H56P2. The van der Waals surface area contributed by atoms with Gasteiger partial charge in [0.2, 0.25) is 0 Å². The Hall–Kier alpha value is -6.42. The first-order chi connectivity index (χ1) is 32.2. The zero-order chi connectivity index (χ0) is 45.3. The molecule has 0 amide bonds. The molecule has 0 bridgehead atoms. The van der Waals surface area contributed by atoms with E-state index in [0.29, 0.717) is 0 Å². The van der Waals surface area contributed by atoms with Crippen molar-refractivity contribution in [3.8, 4) is 33.4 Å². The maximum atomic E-state index is 2.53. The largest absolute Gasteiger partial charge is 0.0622 e. The Morgan fingerprint density at radius 2 is 0.561 bits per heavy atom. The Morgan fingerprint density at radius 3 is 0.864 bits per heavy atom. The van der Waals surface area contributed by atoms with Crippen LogP contribution in [0.2, 0.25) is 0 Å². The Balaban J connectivity index is 1.41. The van der Waals surface area contributed by atoms with Crippen molar-refractivity contribution < 1.29 is 0 Å². The molecule has 0 nitrogen and oxygen atoms in total. The molecule has 0 atom stereocenters. The third kappa shape index (κ3) is 8.46. The number of rotatable bonds is 11. The zero-order valence-corrected chi connectivity index (χ0v) is 40.7. The molecule has 0 spiro atoms. The molecule has 2 heteroatoms. The zero-order valence-electron chi connectivity index (χ0n) is 38.9. The minimum Gasteiger partial charge on any atom is -0.0622 e. The van der Waals surface area contributed by atoms with Crippen molar-refractivity contribution in [2.24, 2.45) is 0 Å². The van der Waals surface area contributed by atoms with Gasteiger partial charge >= 0.3 is 0 Å². The normalized spacial score (nSPS) is 11.6. The van der Waals surface area contributed by atoms with Crippen molar-refractivity contribution in [1.82, 2.24) is 0 Å². The lowest BCUT2D eigenvalue weighted by Crippen LogP contribution is -2.15. The standard InChI is InChI=1S/C64H56P2/c1-43-35-45(3)61(46(4)36-43)57-39-49-23-19-21-33-55(49)63(59(57)41-65(51-25-11-7-12-26-51)52-27-13-8-14-28-52)64-56-34-22-20-24-50(56)40-58(62-47(5)37-44(2)38-48(62)6)60(64)42-66(53-29-15-9-16-30-53)54-31-17-10-18-32-54/h7-40H,41-42H2,1-6H3. The summed E-state index contributed by atoms with van der Waals surface area (Å²) in [5.74, 6) is 0. The monoisotopic (exact) mass is 886 g/mol. The average molecular weight is 887 g/mol. The van der Waals surface area contributed by atoms with Crippen molar-refractivity contribution in [2.75, 3.05) is 0 Å². The Morgan fingerprint density at radius 1 is 0.288 bits per heavy atom. The van der Waals surface area contributed by atoms with Crippen LogP contribution >= 0.6 is 15.8 Å². The van der Waals surface area contributed by atoms with Crippen LogP contribution in [0.1, 0.15) is 44.5 Å². The highest BCUT2D eigenvalue weighted by Gasteiger charge is 2.29. The van der Waals surface area contributed by atoms with Crippen LogP contribution in [0.3, 0.4) is 0 Å². The van der Waals surface area contributed by atoms with Crippen LogP contribution in [-0.2, 0) is 12.3 Å². The third-order valence-electron chi connectivity index (χ3n) is 13.4. The van der Waals surface area contributed by atoms with Crippen molar-refractivity contribution >= 4 is 58.6 Å². The van der Waals surface area contributed by atoms with Gasteiger partial charge in [0.15, 0.2) is 0 Å². The van der Waals surface area contributed by atoms with Gasteiger partial charge in [0.05, 0.1) is 0 Å². The van der Waals surface area contributed by atoms with E-state index in [0.717, 1.165) is 12.3 Å². The van der Waals surface area contributed by atoms with Crippen molar-refractivity contribution in [1.29, 1.82) is 0 Å². The van der Waals surface area contributed by atoms with E-state index >= 15 is 0 Å². The van der Waals surface area contributed by atoms with E-state index in [1.165, 1.54) is 121 Å². The topological polar surface area (TPSA) is 0 Å². The molecule has 10 rings (SSSR count). The van der Waals surface area contributed by atoms with Gasteiger partial charge in [0.1, 0.15) is 0 Å². The lowest BCUT2D eigenvalue weighted by Gasteiger charge is -2.30. The maximum absolute atomic E-state index is 2.53. The van der Waals surface area contributed by atoms with Gasteiger partial charge in [0, 0.05) is 12.3 Å². The lowest BCUT2D eigenvalue weighted by atomic mass is 9.80. The predicted molar refractivity (Wildman–Crippen MR) is 292 cm³/mol. The van der Waals surface area contributed by atoms with E-state index in [-0.39, 0.29) is 0 Å². The van der Waals surface area contributed by atoms with Crippen LogP contribution < -0.4 is 21.2 Å². The molecule has 0 saturated carbocycles. The van der Waals surface area contributed by atoms with Crippen LogP contribution in [0.5, 0.6) is 0 Å². The fourth-order valence-electron chi connectivity index (χ4n) is 10.7. The van der Waals surface area contributed by atoms with Crippen LogP contribution in [0.15, 0.2) is 206 Å². The van der Waals surface area contributed by atoms with Gasteiger partial charge in [-0.15, -0.1) is 0 Å². The summed E-state index contributed by atoms with van der Waals surface area (Å²) in [4.78, 5) is 0. The number of hydrogen-bond acceptors (Lipinski definition) is 0. The fraction of sp³-hybridized carbons (Fsp3) is 0.125. The van der Waals surface area contributed by atoms with Crippen molar-refractivity contribution in [2.45, 2.75) is 53.9 Å². The average Bonchev–Trinajstić information content (AvgIpc) is 3.33. The molecule has 10 aromatic rings. The van der Waals surface area contributed by atoms with Crippen LogP contribution in [-0.4, -0.2) is 0 Å². The first kappa shape index (κ1) is 43.5. The molecule has 0 aromatic heterocycles. The molecule has 0 aliphatic rings. The van der Waals surface area contributed by atoms with Gasteiger partial charge in [-0.2, -0.15) is 0 Å². The summed E-state index contributed by atoms with van der Waals surface area (Å²) in [7, 11) is -1.65. The minimum absolute atomic E-state index is 0.824.